The second-order valence-electron chi connectivity index (χ2n) is 5.06. The number of sulfonamides is 1. The van der Waals surface area contributed by atoms with Crippen LogP contribution in [0.3, 0.4) is 0 Å². The van der Waals surface area contributed by atoms with Gasteiger partial charge in [0.15, 0.2) is 0 Å². The molecule has 1 aromatic carbocycles. The van der Waals surface area contributed by atoms with Crippen LogP contribution in [0.4, 0.5) is 0 Å². The molecule has 0 amide bonds. The van der Waals surface area contributed by atoms with Crippen LogP contribution in [0.1, 0.15) is 21.5 Å². The standard InChI is InChI=1S/C13H17NO6S2/c1-9-7-11(13(15)16)8-12(10(9)2)22(18,19)14-21(17)5-3-20-4-6-21/h7-8H,3-6H2,1-2H3,(H,15,16). The predicted molar refractivity (Wildman–Crippen MR) is 81.2 cm³/mol. The van der Waals surface area contributed by atoms with Gasteiger partial charge in [0.2, 0.25) is 0 Å². The van der Waals surface area contributed by atoms with Crippen LogP contribution >= 0.6 is 0 Å². The van der Waals surface area contributed by atoms with Gasteiger partial charge in [0, 0.05) is 0 Å². The van der Waals surface area contributed by atoms with Gasteiger partial charge in [-0.3, -0.25) is 0 Å². The molecule has 122 valence electrons. The predicted octanol–water partition coefficient (Wildman–Crippen LogP) is 1.19. The second-order valence-corrected chi connectivity index (χ2v) is 9.41. The van der Waals surface area contributed by atoms with E-state index < -0.39 is 25.7 Å². The lowest BCUT2D eigenvalue weighted by Gasteiger charge is -2.16. The molecule has 0 spiro atoms. The highest BCUT2D eigenvalue weighted by atomic mass is 32.3. The summed E-state index contributed by atoms with van der Waals surface area (Å²) >= 11 is 0. The lowest BCUT2D eigenvalue weighted by atomic mass is 10.1. The lowest BCUT2D eigenvalue weighted by molar-refractivity contribution is 0.0696. The largest absolute Gasteiger partial charge is 0.478 e. The van der Waals surface area contributed by atoms with E-state index in [-0.39, 0.29) is 35.2 Å². The summed E-state index contributed by atoms with van der Waals surface area (Å²) in [5.74, 6) is -1.11. The fourth-order valence-corrected chi connectivity index (χ4v) is 6.23. The average Bonchev–Trinajstić information content (AvgIpc) is 2.40. The Bertz CT molecular complexity index is 822. The molecule has 0 saturated carbocycles. The summed E-state index contributed by atoms with van der Waals surface area (Å²) in [6.45, 7) is 3.59. The molecular weight excluding hydrogens is 330 g/mol. The Morgan fingerprint density at radius 3 is 2.41 bits per heavy atom. The Morgan fingerprint density at radius 2 is 1.86 bits per heavy atom. The van der Waals surface area contributed by atoms with Crippen molar-refractivity contribution in [3.63, 3.8) is 0 Å². The maximum absolute atomic E-state index is 12.5. The first kappa shape index (κ1) is 16.9. The van der Waals surface area contributed by atoms with Crippen molar-refractivity contribution in [1.29, 1.82) is 0 Å². The van der Waals surface area contributed by atoms with E-state index in [2.05, 4.69) is 3.77 Å². The van der Waals surface area contributed by atoms with E-state index in [0.29, 0.717) is 11.1 Å². The maximum atomic E-state index is 12.5. The summed E-state index contributed by atoms with van der Waals surface area (Å²) in [5.41, 5.74) is 0.790. The molecule has 7 nitrogen and oxygen atoms in total. The van der Waals surface area contributed by atoms with Crippen LogP contribution in [0.2, 0.25) is 0 Å². The first-order valence-corrected chi connectivity index (χ1v) is 9.85. The summed E-state index contributed by atoms with van der Waals surface area (Å²) < 4.78 is 46.1. The summed E-state index contributed by atoms with van der Waals surface area (Å²) in [7, 11) is -7.09. The molecule has 1 aromatic rings. The Morgan fingerprint density at radius 1 is 1.27 bits per heavy atom. The molecule has 1 aliphatic rings. The van der Waals surface area contributed by atoms with Crippen molar-refractivity contribution in [2.75, 3.05) is 24.7 Å². The maximum Gasteiger partial charge on any atom is 0.335 e. The van der Waals surface area contributed by atoms with Gasteiger partial charge >= 0.3 is 5.97 Å². The summed E-state index contributed by atoms with van der Waals surface area (Å²) in [6, 6.07) is 2.45. The molecule has 1 aliphatic heterocycles. The number of carbonyl (C=O) groups is 1. The van der Waals surface area contributed by atoms with Crippen molar-refractivity contribution >= 4 is 25.7 Å². The van der Waals surface area contributed by atoms with Crippen molar-refractivity contribution in [2.45, 2.75) is 18.7 Å². The van der Waals surface area contributed by atoms with Crippen molar-refractivity contribution in [3.05, 3.63) is 28.8 Å². The Hall–Kier alpha value is -1.45. The molecule has 0 atom stereocenters. The van der Waals surface area contributed by atoms with Crippen LogP contribution in [0.15, 0.2) is 20.8 Å². The minimum absolute atomic E-state index is 0.0584. The smallest absolute Gasteiger partial charge is 0.335 e. The van der Waals surface area contributed by atoms with Crippen LogP contribution in [-0.2, 0) is 24.5 Å². The summed E-state index contributed by atoms with van der Waals surface area (Å²) in [5, 5.41) is 9.06. The Balaban J connectivity index is 2.61. The summed E-state index contributed by atoms with van der Waals surface area (Å²) in [6.07, 6.45) is 0. The molecule has 9 heteroatoms. The third kappa shape index (κ3) is 3.47. The minimum atomic E-state index is -4.20. The molecule has 0 radical (unpaired) electrons. The van der Waals surface area contributed by atoms with Gasteiger partial charge in [-0.15, -0.1) is 3.77 Å². The van der Waals surface area contributed by atoms with Crippen molar-refractivity contribution in [1.82, 2.24) is 0 Å². The zero-order valence-corrected chi connectivity index (χ0v) is 13.9. The number of hydrogen-bond donors (Lipinski definition) is 1. The third-order valence-corrected chi connectivity index (χ3v) is 7.93. The highest BCUT2D eigenvalue weighted by Gasteiger charge is 2.24. The van der Waals surface area contributed by atoms with Gasteiger partial charge in [-0.25, -0.2) is 9.00 Å². The molecule has 0 bridgehead atoms. The van der Waals surface area contributed by atoms with E-state index in [1.807, 2.05) is 0 Å². The van der Waals surface area contributed by atoms with Crippen LogP contribution in [-0.4, -0.2) is 48.4 Å². The van der Waals surface area contributed by atoms with Crippen LogP contribution in [0.5, 0.6) is 0 Å². The van der Waals surface area contributed by atoms with Gasteiger partial charge in [-0.05, 0) is 37.1 Å². The van der Waals surface area contributed by atoms with E-state index in [4.69, 9.17) is 9.84 Å². The van der Waals surface area contributed by atoms with Crippen LogP contribution in [0.25, 0.3) is 0 Å². The molecule has 0 unspecified atom stereocenters. The highest BCUT2D eigenvalue weighted by Crippen LogP contribution is 2.24. The number of benzene rings is 1. The third-order valence-electron chi connectivity index (χ3n) is 3.47. The number of ether oxygens (including phenoxy) is 1. The monoisotopic (exact) mass is 347 g/mol. The van der Waals surface area contributed by atoms with E-state index in [0.717, 1.165) is 6.07 Å². The quantitative estimate of drug-likeness (QED) is 0.879. The zero-order valence-electron chi connectivity index (χ0n) is 12.2. The van der Waals surface area contributed by atoms with Crippen molar-refractivity contribution in [3.8, 4) is 0 Å². The molecule has 1 heterocycles. The molecule has 1 saturated heterocycles. The van der Waals surface area contributed by atoms with Gasteiger partial charge in [0.1, 0.15) is 0 Å². The number of nitrogens with zero attached hydrogens (tertiary/aromatic N) is 1. The lowest BCUT2D eigenvalue weighted by Crippen LogP contribution is -2.26. The van der Waals surface area contributed by atoms with Gasteiger partial charge < -0.3 is 9.84 Å². The van der Waals surface area contributed by atoms with Crippen molar-refractivity contribution < 1.29 is 27.3 Å². The number of aryl methyl sites for hydroxylation is 1. The Labute approximate surface area is 129 Å². The van der Waals surface area contributed by atoms with Crippen LogP contribution < -0.4 is 0 Å². The van der Waals surface area contributed by atoms with E-state index in [9.17, 15) is 17.4 Å². The van der Waals surface area contributed by atoms with Gasteiger partial charge in [-0.2, -0.15) is 8.42 Å². The van der Waals surface area contributed by atoms with E-state index in [1.54, 1.807) is 13.8 Å². The topological polar surface area (TPSA) is 110 Å². The number of rotatable bonds is 3. The average molecular weight is 347 g/mol. The highest BCUT2D eigenvalue weighted by molar-refractivity contribution is 8.03. The normalized spacial score (nSPS) is 17.9. The SMILES string of the molecule is Cc1cc(C(=O)O)cc(S(=O)(=O)N=S2(=O)CCOCC2)c1C. The molecule has 0 aliphatic carbocycles. The minimum Gasteiger partial charge on any atom is -0.478 e. The number of carboxylic acid groups (broad SMARTS) is 1. The number of hydrogen-bond acceptors (Lipinski definition) is 5. The molecule has 1 N–H and O–H groups in total. The van der Waals surface area contributed by atoms with Crippen LogP contribution in [0, 0.1) is 13.8 Å². The molecule has 0 aromatic heterocycles. The molecular formula is C13H17NO6S2. The molecule has 1 fully saturated rings. The van der Waals surface area contributed by atoms with E-state index in [1.165, 1.54) is 6.07 Å². The Kier molecular flexibility index (Phi) is 4.59. The number of carboxylic acids is 1. The summed E-state index contributed by atoms with van der Waals surface area (Å²) in [4.78, 5) is 10.9. The zero-order chi connectivity index (χ0) is 16.5. The van der Waals surface area contributed by atoms with Gasteiger partial charge in [0.05, 0.1) is 44.9 Å². The fourth-order valence-electron chi connectivity index (χ4n) is 2.09. The molecule has 2 rings (SSSR count). The number of aromatic carboxylic acids is 1. The molecule has 22 heavy (non-hydrogen) atoms. The first-order chi connectivity index (χ1) is 10.1. The van der Waals surface area contributed by atoms with E-state index >= 15 is 0 Å². The van der Waals surface area contributed by atoms with Gasteiger partial charge in [0.25, 0.3) is 10.0 Å². The van der Waals surface area contributed by atoms with Crippen molar-refractivity contribution in [2.24, 2.45) is 3.77 Å². The van der Waals surface area contributed by atoms with Gasteiger partial charge in [-0.1, -0.05) is 0 Å². The fraction of sp³-hybridized carbons (Fsp3) is 0.462. The first-order valence-electron chi connectivity index (χ1n) is 6.56. The second kappa shape index (κ2) is 5.98.